The van der Waals surface area contributed by atoms with Crippen molar-refractivity contribution in [2.45, 2.75) is 19.2 Å². The minimum atomic E-state index is -3.08. The molecule has 1 aliphatic rings. The van der Waals surface area contributed by atoms with E-state index in [0.717, 1.165) is 30.9 Å². The molecule has 0 unspecified atom stereocenters. The van der Waals surface area contributed by atoms with Gasteiger partial charge in [0.25, 0.3) is 5.91 Å². The number of hydrogen-bond acceptors (Lipinski definition) is 5. The molecule has 0 aromatic heterocycles. The fourth-order valence-electron chi connectivity index (χ4n) is 3.23. The molecule has 1 saturated heterocycles. The molecule has 0 saturated carbocycles. The number of rotatable bonds is 6. The lowest BCUT2D eigenvalue weighted by atomic mass is 10.1. The van der Waals surface area contributed by atoms with Crippen LogP contribution in [0, 0.1) is 6.92 Å². The average molecular weight is 419 g/mol. The summed E-state index contributed by atoms with van der Waals surface area (Å²) in [5, 5.41) is 2.95. The Morgan fingerprint density at radius 2 is 1.71 bits per heavy atom. The fraction of sp³-hybridized carbons (Fsp3) is 0.381. The smallest absolute Gasteiger partial charge is 0.255 e. The Labute approximate surface area is 171 Å². The van der Waals surface area contributed by atoms with Crippen LogP contribution in [0.4, 0.5) is 5.69 Å². The quantitative estimate of drug-likeness (QED) is 0.779. The van der Waals surface area contributed by atoms with Gasteiger partial charge in [-0.05, 0) is 41.8 Å². The minimum Gasteiger partial charge on any atom is -0.322 e. The van der Waals surface area contributed by atoms with Crippen LogP contribution in [-0.4, -0.2) is 50.1 Å². The van der Waals surface area contributed by atoms with Crippen LogP contribution in [-0.2, 0) is 22.1 Å². The maximum Gasteiger partial charge on any atom is 0.255 e. The molecule has 7 heteroatoms. The zero-order valence-electron chi connectivity index (χ0n) is 16.3. The Morgan fingerprint density at radius 1 is 1.07 bits per heavy atom. The molecule has 0 atom stereocenters. The van der Waals surface area contributed by atoms with E-state index >= 15 is 0 Å². The van der Waals surface area contributed by atoms with Gasteiger partial charge < -0.3 is 5.32 Å². The standard InChI is InChI=1S/C21H26N2O3S2/c1-16-13-18(14-23-9-11-27-12-10-23)5-8-20(16)22-21(24)19-6-3-17(4-7-19)15-28(2,25)26/h3-8,13H,9-12,14-15H2,1-2H3,(H,22,24). The van der Waals surface area contributed by atoms with Crippen LogP contribution < -0.4 is 5.32 Å². The summed E-state index contributed by atoms with van der Waals surface area (Å²) in [4.78, 5) is 15.0. The molecule has 1 heterocycles. The maximum atomic E-state index is 12.5. The number of nitrogens with zero attached hydrogens (tertiary/aromatic N) is 1. The summed E-state index contributed by atoms with van der Waals surface area (Å²) in [6.07, 6.45) is 1.20. The summed E-state index contributed by atoms with van der Waals surface area (Å²) >= 11 is 2.00. The highest BCUT2D eigenvalue weighted by Crippen LogP contribution is 2.20. The highest BCUT2D eigenvalue weighted by atomic mass is 32.2. The zero-order chi connectivity index (χ0) is 20.1. The van der Waals surface area contributed by atoms with Gasteiger partial charge in [-0.15, -0.1) is 0 Å². The summed E-state index contributed by atoms with van der Waals surface area (Å²) in [6.45, 7) is 5.19. The molecule has 150 valence electrons. The maximum absolute atomic E-state index is 12.5. The summed E-state index contributed by atoms with van der Waals surface area (Å²) < 4.78 is 22.7. The van der Waals surface area contributed by atoms with Crippen molar-refractivity contribution in [2.24, 2.45) is 0 Å². The van der Waals surface area contributed by atoms with Crippen molar-refractivity contribution in [1.29, 1.82) is 0 Å². The van der Waals surface area contributed by atoms with Crippen LogP contribution in [0.25, 0.3) is 0 Å². The van der Waals surface area contributed by atoms with Gasteiger partial charge >= 0.3 is 0 Å². The Morgan fingerprint density at radius 3 is 2.32 bits per heavy atom. The van der Waals surface area contributed by atoms with E-state index in [-0.39, 0.29) is 11.7 Å². The van der Waals surface area contributed by atoms with Gasteiger partial charge in [-0.2, -0.15) is 11.8 Å². The lowest BCUT2D eigenvalue weighted by Crippen LogP contribution is -2.31. The number of sulfone groups is 1. The third-order valence-electron chi connectivity index (χ3n) is 4.69. The predicted octanol–water partition coefficient (Wildman–Crippen LogP) is 3.34. The van der Waals surface area contributed by atoms with Crippen molar-refractivity contribution in [1.82, 2.24) is 4.90 Å². The van der Waals surface area contributed by atoms with E-state index in [4.69, 9.17) is 0 Å². The molecule has 1 aliphatic heterocycles. The van der Waals surface area contributed by atoms with Gasteiger partial charge in [0.05, 0.1) is 5.75 Å². The van der Waals surface area contributed by atoms with Crippen molar-refractivity contribution < 1.29 is 13.2 Å². The number of carbonyl (C=O) groups is 1. The topological polar surface area (TPSA) is 66.5 Å². The van der Waals surface area contributed by atoms with Gasteiger partial charge in [0.2, 0.25) is 0 Å². The second-order valence-corrected chi connectivity index (χ2v) is 10.6. The molecular weight excluding hydrogens is 392 g/mol. The van der Waals surface area contributed by atoms with Gasteiger partial charge in [-0.1, -0.05) is 24.3 Å². The molecule has 0 aliphatic carbocycles. The first kappa shape index (κ1) is 20.9. The zero-order valence-corrected chi connectivity index (χ0v) is 17.9. The number of benzene rings is 2. The van der Waals surface area contributed by atoms with Gasteiger partial charge in [-0.3, -0.25) is 9.69 Å². The van der Waals surface area contributed by atoms with Crippen molar-refractivity contribution >= 4 is 33.2 Å². The SMILES string of the molecule is Cc1cc(CN2CCSCC2)ccc1NC(=O)c1ccc(CS(C)(=O)=O)cc1. The van der Waals surface area contributed by atoms with Gasteiger partial charge in [0.1, 0.15) is 0 Å². The molecule has 2 aromatic carbocycles. The van der Waals surface area contributed by atoms with Crippen LogP contribution >= 0.6 is 11.8 Å². The number of aryl methyl sites for hydroxylation is 1. The van der Waals surface area contributed by atoms with Crippen LogP contribution in [0.15, 0.2) is 42.5 Å². The molecular formula is C21H26N2O3S2. The number of hydrogen-bond donors (Lipinski definition) is 1. The Hall–Kier alpha value is -1.83. The largest absolute Gasteiger partial charge is 0.322 e. The lowest BCUT2D eigenvalue weighted by molar-refractivity contribution is 0.102. The summed E-state index contributed by atoms with van der Waals surface area (Å²) in [7, 11) is -3.08. The van der Waals surface area contributed by atoms with E-state index < -0.39 is 9.84 Å². The number of thioether (sulfide) groups is 1. The first-order valence-electron chi connectivity index (χ1n) is 9.28. The predicted molar refractivity (Wildman–Crippen MR) is 117 cm³/mol. The minimum absolute atomic E-state index is 0.0226. The molecule has 0 bridgehead atoms. The molecule has 1 fully saturated rings. The number of amides is 1. The second kappa shape index (κ2) is 9.11. The summed E-state index contributed by atoms with van der Waals surface area (Å²) in [5.74, 6) is 2.16. The summed E-state index contributed by atoms with van der Waals surface area (Å²) in [5.41, 5.74) is 4.27. The normalized spacial score (nSPS) is 15.4. The second-order valence-electron chi connectivity index (χ2n) is 7.26. The van der Waals surface area contributed by atoms with E-state index in [2.05, 4.69) is 22.3 Å². The molecule has 5 nitrogen and oxygen atoms in total. The van der Waals surface area contributed by atoms with Crippen LogP contribution in [0.1, 0.15) is 27.0 Å². The van der Waals surface area contributed by atoms with Crippen LogP contribution in [0.3, 0.4) is 0 Å². The Balaban J connectivity index is 1.63. The van der Waals surface area contributed by atoms with E-state index in [1.54, 1.807) is 24.3 Å². The summed E-state index contributed by atoms with van der Waals surface area (Å²) in [6, 6.07) is 12.8. The monoisotopic (exact) mass is 418 g/mol. The van der Waals surface area contributed by atoms with Gasteiger partial charge in [0, 0.05) is 48.6 Å². The van der Waals surface area contributed by atoms with Gasteiger partial charge in [-0.25, -0.2) is 8.42 Å². The molecule has 0 spiro atoms. The lowest BCUT2D eigenvalue weighted by Gasteiger charge is -2.26. The Bertz CT molecular complexity index is 935. The third-order valence-corrected chi connectivity index (χ3v) is 6.49. The molecule has 2 aromatic rings. The van der Waals surface area contributed by atoms with Gasteiger partial charge in [0.15, 0.2) is 9.84 Å². The van der Waals surface area contributed by atoms with E-state index in [1.807, 2.05) is 24.8 Å². The van der Waals surface area contributed by atoms with Crippen molar-refractivity contribution in [3.05, 3.63) is 64.7 Å². The highest BCUT2D eigenvalue weighted by molar-refractivity contribution is 7.99. The fourth-order valence-corrected chi connectivity index (χ4v) is 5.01. The molecule has 1 amide bonds. The highest BCUT2D eigenvalue weighted by Gasteiger charge is 2.13. The average Bonchev–Trinajstić information content (AvgIpc) is 2.64. The van der Waals surface area contributed by atoms with Crippen LogP contribution in [0.5, 0.6) is 0 Å². The van der Waals surface area contributed by atoms with E-state index in [0.29, 0.717) is 11.1 Å². The number of carbonyl (C=O) groups excluding carboxylic acids is 1. The first-order valence-corrected chi connectivity index (χ1v) is 12.5. The van der Waals surface area contributed by atoms with Crippen LogP contribution in [0.2, 0.25) is 0 Å². The Kier molecular flexibility index (Phi) is 6.80. The van der Waals surface area contributed by atoms with Crippen molar-refractivity contribution in [3.63, 3.8) is 0 Å². The first-order chi connectivity index (χ1) is 13.3. The van der Waals surface area contributed by atoms with E-state index in [1.165, 1.54) is 23.3 Å². The molecule has 28 heavy (non-hydrogen) atoms. The molecule has 0 radical (unpaired) electrons. The number of anilines is 1. The van der Waals surface area contributed by atoms with E-state index in [9.17, 15) is 13.2 Å². The number of nitrogens with one attached hydrogen (secondary N) is 1. The molecule has 1 N–H and O–H groups in total. The third kappa shape index (κ3) is 6.09. The molecule has 3 rings (SSSR count). The van der Waals surface area contributed by atoms with Crippen molar-refractivity contribution in [2.75, 3.05) is 36.2 Å². The van der Waals surface area contributed by atoms with Crippen molar-refractivity contribution in [3.8, 4) is 0 Å².